The highest BCUT2D eigenvalue weighted by Gasteiger charge is 2.30. The van der Waals surface area contributed by atoms with Gasteiger partial charge in [0.05, 0.1) is 12.1 Å². The van der Waals surface area contributed by atoms with Crippen LogP contribution >= 0.6 is 0 Å². The molecule has 0 amide bonds. The number of carboxylic acids is 2. The fraction of sp³-hybridized carbons (Fsp3) is 0.476. The molecule has 8 heteroatoms. The minimum Gasteiger partial charge on any atom is -0.481 e. The predicted molar refractivity (Wildman–Crippen MR) is 111 cm³/mol. The maximum Gasteiger partial charge on any atom is 0.300 e. The largest absolute Gasteiger partial charge is 0.481 e. The number of hydrogen-bond donors (Lipinski definition) is 4. The first-order valence-electron chi connectivity index (χ1n) is 9.60. The third-order valence-electron chi connectivity index (χ3n) is 4.27. The molecule has 0 aliphatic carbocycles. The van der Waals surface area contributed by atoms with Gasteiger partial charge in [0.25, 0.3) is 11.9 Å². The first-order valence-corrected chi connectivity index (χ1v) is 9.60. The predicted octanol–water partition coefficient (Wildman–Crippen LogP) is 2.41. The number of aliphatic carboxylic acids is 2. The number of hydrogen-bond acceptors (Lipinski definition) is 5. The van der Waals surface area contributed by atoms with E-state index >= 15 is 0 Å². The molecule has 0 spiro atoms. The summed E-state index contributed by atoms with van der Waals surface area (Å²) in [5, 5.41) is 28.8. The monoisotopic (exact) mass is 405 g/mol. The number of carbonyl (C=O) groups is 2. The zero-order chi connectivity index (χ0) is 21.9. The van der Waals surface area contributed by atoms with Crippen LogP contribution < -0.4 is 5.32 Å². The quantitative estimate of drug-likeness (QED) is 0.615. The van der Waals surface area contributed by atoms with Gasteiger partial charge >= 0.3 is 0 Å². The molecule has 0 bridgehead atoms. The Balaban J connectivity index is 0.000000452. The van der Waals surface area contributed by atoms with Crippen LogP contribution in [0.2, 0.25) is 0 Å². The number of rotatable bonds is 4. The van der Waals surface area contributed by atoms with Crippen LogP contribution in [-0.2, 0) is 22.6 Å². The van der Waals surface area contributed by atoms with Gasteiger partial charge in [0.15, 0.2) is 0 Å². The maximum atomic E-state index is 10.7. The van der Waals surface area contributed by atoms with Gasteiger partial charge < -0.3 is 25.2 Å². The van der Waals surface area contributed by atoms with E-state index in [4.69, 9.17) is 19.8 Å². The van der Waals surface area contributed by atoms with Crippen LogP contribution in [0, 0.1) is 0 Å². The summed E-state index contributed by atoms with van der Waals surface area (Å²) in [6, 6.07) is 8.37. The molecule has 1 aromatic carbocycles. The summed E-state index contributed by atoms with van der Waals surface area (Å²) >= 11 is 0. The number of nitrogens with one attached hydrogen (secondary N) is 1. The van der Waals surface area contributed by atoms with Gasteiger partial charge in [0.2, 0.25) is 0 Å². The van der Waals surface area contributed by atoms with Crippen molar-refractivity contribution in [1.82, 2.24) is 14.9 Å². The van der Waals surface area contributed by atoms with Crippen molar-refractivity contribution in [3.8, 4) is 11.4 Å². The lowest BCUT2D eigenvalue weighted by molar-refractivity contribution is -0.135. The average Bonchev–Trinajstić information content (AvgIpc) is 3.08. The second-order valence-electron chi connectivity index (χ2n) is 6.93. The molecular formula is C21H31N3O5. The van der Waals surface area contributed by atoms with Crippen LogP contribution in [0.4, 0.5) is 0 Å². The Morgan fingerprint density at radius 1 is 1.21 bits per heavy atom. The van der Waals surface area contributed by atoms with Crippen LogP contribution in [0.5, 0.6) is 0 Å². The van der Waals surface area contributed by atoms with Crippen molar-refractivity contribution in [2.45, 2.75) is 52.2 Å². The summed E-state index contributed by atoms with van der Waals surface area (Å²) in [5.41, 5.74) is 1.78. The highest BCUT2D eigenvalue weighted by molar-refractivity contribution is 5.63. The maximum absolute atomic E-state index is 10.7. The Labute approximate surface area is 171 Å². The molecule has 29 heavy (non-hydrogen) atoms. The molecule has 0 radical (unpaired) electrons. The lowest BCUT2D eigenvalue weighted by Crippen LogP contribution is -2.48. The molecule has 0 saturated carbocycles. The van der Waals surface area contributed by atoms with Gasteiger partial charge in [-0.3, -0.25) is 9.59 Å². The zero-order valence-electron chi connectivity index (χ0n) is 17.3. The number of benzene rings is 1. The first kappa shape index (κ1) is 24.3. The minimum atomic E-state index is -0.833. The lowest BCUT2D eigenvalue weighted by Gasteiger charge is -2.33. The number of nitrogens with zero attached hydrogens (tertiary/aromatic N) is 2. The van der Waals surface area contributed by atoms with Crippen molar-refractivity contribution in [3.05, 3.63) is 42.2 Å². The molecule has 2 heterocycles. The van der Waals surface area contributed by atoms with Crippen molar-refractivity contribution in [2.24, 2.45) is 0 Å². The number of piperidine rings is 1. The van der Waals surface area contributed by atoms with Gasteiger partial charge in [0.1, 0.15) is 5.82 Å². The highest BCUT2D eigenvalue weighted by atomic mass is 16.4. The van der Waals surface area contributed by atoms with E-state index in [1.165, 1.54) is 5.56 Å². The Morgan fingerprint density at radius 3 is 2.38 bits per heavy atom. The van der Waals surface area contributed by atoms with E-state index in [1.54, 1.807) is 0 Å². The SMILES string of the molecule is CC(=O)O.CC(=O)O.CCc1ccccc1-c1nccn1CC1(O)CCCNC1. The summed E-state index contributed by atoms with van der Waals surface area (Å²) in [6.45, 7) is 6.57. The Bertz CT molecular complexity index is 762. The molecule has 1 aliphatic rings. The van der Waals surface area contributed by atoms with E-state index < -0.39 is 17.5 Å². The van der Waals surface area contributed by atoms with Crippen LogP contribution in [0.15, 0.2) is 36.7 Å². The number of aromatic nitrogens is 2. The van der Waals surface area contributed by atoms with Gasteiger partial charge in [-0.05, 0) is 31.4 Å². The van der Waals surface area contributed by atoms with Crippen LogP contribution in [0.3, 0.4) is 0 Å². The molecule has 3 rings (SSSR count). The smallest absolute Gasteiger partial charge is 0.300 e. The third kappa shape index (κ3) is 8.89. The van der Waals surface area contributed by atoms with Gasteiger partial charge in [-0.2, -0.15) is 0 Å². The number of aliphatic hydroxyl groups is 1. The summed E-state index contributed by atoms with van der Waals surface area (Å²) in [5.74, 6) is -0.716. The fourth-order valence-corrected chi connectivity index (χ4v) is 3.13. The van der Waals surface area contributed by atoms with Gasteiger partial charge in [0, 0.05) is 38.3 Å². The Kier molecular flexibility index (Phi) is 10.1. The van der Waals surface area contributed by atoms with Crippen molar-refractivity contribution in [2.75, 3.05) is 13.1 Å². The van der Waals surface area contributed by atoms with Gasteiger partial charge in [-0.25, -0.2) is 4.98 Å². The van der Waals surface area contributed by atoms with E-state index in [0.717, 1.165) is 51.0 Å². The molecule has 1 saturated heterocycles. The summed E-state index contributed by atoms with van der Waals surface area (Å²) in [7, 11) is 0. The topological polar surface area (TPSA) is 125 Å². The first-order chi connectivity index (χ1) is 13.7. The molecular weight excluding hydrogens is 374 g/mol. The number of β-amino-alcohol motifs (C(OH)–C–C–N with tert-alkyl or cyclic N) is 1. The number of imidazole rings is 1. The molecule has 160 valence electrons. The second-order valence-corrected chi connectivity index (χ2v) is 6.93. The molecule has 2 aromatic rings. The van der Waals surface area contributed by atoms with Crippen molar-refractivity contribution in [1.29, 1.82) is 0 Å². The fourth-order valence-electron chi connectivity index (χ4n) is 3.13. The molecule has 8 nitrogen and oxygen atoms in total. The van der Waals surface area contributed by atoms with Crippen LogP contribution in [0.25, 0.3) is 11.4 Å². The van der Waals surface area contributed by atoms with Crippen LogP contribution in [0.1, 0.15) is 39.2 Å². The average molecular weight is 405 g/mol. The number of aryl methyl sites for hydroxylation is 1. The molecule has 1 aromatic heterocycles. The normalized spacial score (nSPS) is 17.9. The van der Waals surface area contributed by atoms with Crippen molar-refractivity contribution < 1.29 is 24.9 Å². The Hall–Kier alpha value is -2.71. The molecule has 1 atom stereocenters. The van der Waals surface area contributed by atoms with E-state index in [9.17, 15) is 5.11 Å². The molecule has 1 unspecified atom stereocenters. The van der Waals surface area contributed by atoms with Crippen molar-refractivity contribution in [3.63, 3.8) is 0 Å². The lowest BCUT2D eigenvalue weighted by atomic mass is 9.94. The third-order valence-corrected chi connectivity index (χ3v) is 4.27. The van der Waals surface area contributed by atoms with Gasteiger partial charge in [-0.1, -0.05) is 31.2 Å². The summed E-state index contributed by atoms with van der Waals surface area (Å²) < 4.78 is 2.08. The van der Waals surface area contributed by atoms with E-state index in [2.05, 4.69) is 40.0 Å². The highest BCUT2D eigenvalue weighted by Crippen LogP contribution is 2.26. The summed E-state index contributed by atoms with van der Waals surface area (Å²) in [6.07, 6.45) is 6.63. The summed E-state index contributed by atoms with van der Waals surface area (Å²) in [4.78, 5) is 22.5. The van der Waals surface area contributed by atoms with Crippen LogP contribution in [-0.4, -0.2) is 55.5 Å². The zero-order valence-corrected chi connectivity index (χ0v) is 17.3. The van der Waals surface area contributed by atoms with E-state index in [1.807, 2.05) is 18.5 Å². The van der Waals surface area contributed by atoms with E-state index in [0.29, 0.717) is 13.1 Å². The Morgan fingerprint density at radius 2 is 1.83 bits per heavy atom. The number of carboxylic acid groups (broad SMARTS) is 2. The van der Waals surface area contributed by atoms with Crippen molar-refractivity contribution >= 4 is 11.9 Å². The standard InChI is InChI=1S/C17H23N3O.2C2H4O2/c1-2-14-6-3-4-7-15(14)16-19-10-11-20(16)13-17(21)8-5-9-18-12-17;2*1-2(3)4/h3-4,6-7,10-11,18,21H,2,5,8-9,12-13H2,1H3;2*1H3,(H,3,4). The minimum absolute atomic E-state index is 0.591. The molecule has 1 aliphatic heterocycles. The van der Waals surface area contributed by atoms with E-state index in [-0.39, 0.29) is 0 Å². The molecule has 1 fully saturated rings. The van der Waals surface area contributed by atoms with Gasteiger partial charge in [-0.15, -0.1) is 0 Å². The molecule has 4 N–H and O–H groups in total. The second kappa shape index (κ2) is 12.0.